The number of amides is 1. The maximum absolute atomic E-state index is 13.4. The third-order valence-electron chi connectivity index (χ3n) is 3.76. The smallest absolute Gasteiger partial charge is 0.260 e. The quantitative estimate of drug-likeness (QED) is 0.849. The van der Waals surface area contributed by atoms with Crippen LogP contribution in [0.25, 0.3) is 0 Å². The summed E-state index contributed by atoms with van der Waals surface area (Å²) in [6.07, 6.45) is 5.50. The summed E-state index contributed by atoms with van der Waals surface area (Å²) < 4.78 is 31.2. The number of ether oxygens (including phenoxy) is 1. The summed E-state index contributed by atoms with van der Waals surface area (Å²) in [7, 11) is 1.75. The molecule has 0 aromatic heterocycles. The Bertz CT molecular complexity index is 473. The van der Waals surface area contributed by atoms with Gasteiger partial charge in [-0.25, -0.2) is 8.78 Å². The molecule has 1 aromatic carbocycles. The van der Waals surface area contributed by atoms with Gasteiger partial charge in [0.15, 0.2) is 18.2 Å². The Labute approximate surface area is 117 Å². The number of carbonyl (C=O) groups excluding carboxylic acids is 1. The zero-order valence-corrected chi connectivity index (χ0v) is 11.6. The highest BCUT2D eigenvalue weighted by Gasteiger charge is 2.22. The van der Waals surface area contributed by atoms with Crippen LogP contribution in [0.3, 0.4) is 0 Å². The molecule has 0 heterocycles. The Morgan fingerprint density at radius 1 is 1.30 bits per heavy atom. The van der Waals surface area contributed by atoms with Crippen LogP contribution in [0, 0.1) is 11.6 Å². The molecule has 1 fully saturated rings. The Balaban J connectivity index is 1.87. The summed E-state index contributed by atoms with van der Waals surface area (Å²) in [5.74, 6) is -1.74. The molecule has 110 valence electrons. The molecular formula is C15H19F2NO2. The topological polar surface area (TPSA) is 29.5 Å². The van der Waals surface area contributed by atoms with Gasteiger partial charge in [0, 0.05) is 19.2 Å². The van der Waals surface area contributed by atoms with Gasteiger partial charge in [-0.15, -0.1) is 0 Å². The lowest BCUT2D eigenvalue weighted by atomic mass is 9.94. The van der Waals surface area contributed by atoms with E-state index in [1.54, 1.807) is 11.9 Å². The molecule has 1 aliphatic rings. The monoisotopic (exact) mass is 283 g/mol. The summed E-state index contributed by atoms with van der Waals surface area (Å²) >= 11 is 0. The third kappa shape index (κ3) is 3.68. The van der Waals surface area contributed by atoms with E-state index in [1.165, 1.54) is 12.5 Å². The molecule has 0 atom stereocenters. The lowest BCUT2D eigenvalue weighted by Crippen LogP contribution is -2.40. The zero-order chi connectivity index (χ0) is 14.5. The minimum atomic E-state index is -0.793. The number of rotatable bonds is 4. The first-order chi connectivity index (χ1) is 9.58. The predicted molar refractivity (Wildman–Crippen MR) is 71.5 cm³/mol. The highest BCUT2D eigenvalue weighted by Crippen LogP contribution is 2.22. The van der Waals surface area contributed by atoms with Crippen molar-refractivity contribution >= 4 is 5.91 Å². The summed E-state index contributed by atoms with van der Waals surface area (Å²) in [5, 5.41) is 0. The van der Waals surface area contributed by atoms with Crippen molar-refractivity contribution < 1.29 is 18.3 Å². The first kappa shape index (κ1) is 14.8. The van der Waals surface area contributed by atoms with E-state index in [0.717, 1.165) is 37.8 Å². The van der Waals surface area contributed by atoms with E-state index in [4.69, 9.17) is 4.74 Å². The van der Waals surface area contributed by atoms with Gasteiger partial charge in [0.1, 0.15) is 5.82 Å². The molecule has 1 amide bonds. The Morgan fingerprint density at radius 3 is 2.65 bits per heavy atom. The highest BCUT2D eigenvalue weighted by atomic mass is 19.1. The standard InChI is InChI=1S/C15H19F2NO2/c1-18(12-5-3-2-4-6-12)15(19)10-20-14-8-7-11(16)9-13(14)17/h7-9,12H,2-6,10H2,1H3. The second-order valence-electron chi connectivity index (χ2n) is 5.16. The van der Waals surface area contributed by atoms with Crippen LogP contribution in [0.5, 0.6) is 5.75 Å². The maximum atomic E-state index is 13.4. The molecule has 2 rings (SSSR count). The highest BCUT2D eigenvalue weighted by molar-refractivity contribution is 5.77. The second kappa shape index (κ2) is 6.68. The minimum Gasteiger partial charge on any atom is -0.481 e. The molecule has 20 heavy (non-hydrogen) atoms. The van der Waals surface area contributed by atoms with E-state index >= 15 is 0 Å². The van der Waals surface area contributed by atoms with Crippen molar-refractivity contribution in [2.75, 3.05) is 13.7 Å². The van der Waals surface area contributed by atoms with Crippen LogP contribution in [-0.4, -0.2) is 30.5 Å². The molecule has 1 aromatic rings. The molecule has 0 spiro atoms. The van der Waals surface area contributed by atoms with Crippen LogP contribution in [0.2, 0.25) is 0 Å². The number of likely N-dealkylation sites (N-methyl/N-ethyl adjacent to an activating group) is 1. The van der Waals surface area contributed by atoms with E-state index in [0.29, 0.717) is 0 Å². The normalized spacial score (nSPS) is 15.9. The lowest BCUT2D eigenvalue weighted by molar-refractivity contribution is -0.134. The fourth-order valence-electron chi connectivity index (χ4n) is 2.51. The van der Waals surface area contributed by atoms with E-state index < -0.39 is 11.6 Å². The first-order valence-corrected chi connectivity index (χ1v) is 6.91. The van der Waals surface area contributed by atoms with Gasteiger partial charge in [-0.1, -0.05) is 19.3 Å². The van der Waals surface area contributed by atoms with Crippen LogP contribution in [-0.2, 0) is 4.79 Å². The lowest BCUT2D eigenvalue weighted by Gasteiger charge is -2.31. The van der Waals surface area contributed by atoms with Crippen molar-refractivity contribution in [3.8, 4) is 5.75 Å². The van der Waals surface area contributed by atoms with Crippen LogP contribution >= 0.6 is 0 Å². The predicted octanol–water partition coefficient (Wildman–Crippen LogP) is 3.13. The van der Waals surface area contributed by atoms with E-state index in [9.17, 15) is 13.6 Å². The Morgan fingerprint density at radius 2 is 2.00 bits per heavy atom. The average molecular weight is 283 g/mol. The number of benzene rings is 1. The summed E-state index contributed by atoms with van der Waals surface area (Å²) in [6, 6.07) is 3.29. The van der Waals surface area contributed by atoms with Crippen molar-refractivity contribution in [1.29, 1.82) is 0 Å². The van der Waals surface area contributed by atoms with Gasteiger partial charge in [0.25, 0.3) is 5.91 Å². The molecule has 0 radical (unpaired) electrons. The molecule has 3 nitrogen and oxygen atoms in total. The fraction of sp³-hybridized carbons (Fsp3) is 0.533. The number of halogens is 2. The SMILES string of the molecule is CN(C(=O)COc1ccc(F)cc1F)C1CCCCC1. The number of carbonyl (C=O) groups is 1. The van der Waals surface area contributed by atoms with Crippen molar-refractivity contribution in [1.82, 2.24) is 4.90 Å². The van der Waals surface area contributed by atoms with Crippen LogP contribution in [0.1, 0.15) is 32.1 Å². The van der Waals surface area contributed by atoms with E-state index in [1.807, 2.05) is 0 Å². The number of nitrogens with zero attached hydrogens (tertiary/aromatic N) is 1. The van der Waals surface area contributed by atoms with Crippen molar-refractivity contribution in [3.05, 3.63) is 29.8 Å². The summed E-state index contributed by atoms with van der Waals surface area (Å²) in [5.41, 5.74) is 0. The van der Waals surface area contributed by atoms with Gasteiger partial charge in [-0.2, -0.15) is 0 Å². The Kier molecular flexibility index (Phi) is 4.93. The minimum absolute atomic E-state index is 0.100. The van der Waals surface area contributed by atoms with Crippen molar-refractivity contribution in [2.45, 2.75) is 38.1 Å². The molecule has 0 bridgehead atoms. The molecule has 5 heteroatoms. The van der Waals surface area contributed by atoms with Crippen molar-refractivity contribution in [2.24, 2.45) is 0 Å². The van der Waals surface area contributed by atoms with Crippen LogP contribution in [0.15, 0.2) is 18.2 Å². The summed E-state index contributed by atoms with van der Waals surface area (Å²) in [4.78, 5) is 13.7. The summed E-state index contributed by atoms with van der Waals surface area (Å²) in [6.45, 7) is -0.227. The second-order valence-corrected chi connectivity index (χ2v) is 5.16. The van der Waals surface area contributed by atoms with Gasteiger partial charge >= 0.3 is 0 Å². The molecule has 0 saturated heterocycles. The number of hydrogen-bond donors (Lipinski definition) is 0. The fourth-order valence-corrected chi connectivity index (χ4v) is 2.51. The van der Waals surface area contributed by atoms with Gasteiger partial charge in [0.05, 0.1) is 0 Å². The van der Waals surface area contributed by atoms with Crippen molar-refractivity contribution in [3.63, 3.8) is 0 Å². The third-order valence-corrected chi connectivity index (χ3v) is 3.76. The van der Waals surface area contributed by atoms with E-state index in [-0.39, 0.29) is 24.3 Å². The van der Waals surface area contributed by atoms with Gasteiger partial charge in [0.2, 0.25) is 0 Å². The molecule has 0 aliphatic heterocycles. The van der Waals surface area contributed by atoms with E-state index in [2.05, 4.69) is 0 Å². The molecular weight excluding hydrogens is 264 g/mol. The average Bonchev–Trinajstić information content (AvgIpc) is 2.46. The molecule has 1 aliphatic carbocycles. The van der Waals surface area contributed by atoms with Gasteiger partial charge in [-0.3, -0.25) is 4.79 Å². The molecule has 1 saturated carbocycles. The first-order valence-electron chi connectivity index (χ1n) is 6.91. The maximum Gasteiger partial charge on any atom is 0.260 e. The van der Waals surface area contributed by atoms with Gasteiger partial charge in [-0.05, 0) is 25.0 Å². The zero-order valence-electron chi connectivity index (χ0n) is 11.6. The Hall–Kier alpha value is -1.65. The van der Waals surface area contributed by atoms with Crippen LogP contribution in [0.4, 0.5) is 8.78 Å². The molecule has 0 N–H and O–H groups in total. The number of hydrogen-bond acceptors (Lipinski definition) is 2. The largest absolute Gasteiger partial charge is 0.481 e. The van der Waals surface area contributed by atoms with Gasteiger partial charge < -0.3 is 9.64 Å². The molecule has 0 unspecified atom stereocenters. The van der Waals surface area contributed by atoms with Crippen LogP contribution < -0.4 is 4.74 Å².